The number of carbonyl (C=O) groups excluding carboxylic acids is 1. The number of halogens is 1. The van der Waals surface area contributed by atoms with E-state index in [1.165, 1.54) is 17.8 Å². The minimum atomic E-state index is -0.424. The fourth-order valence-electron chi connectivity index (χ4n) is 4.43. The third-order valence-corrected chi connectivity index (χ3v) is 6.20. The van der Waals surface area contributed by atoms with Gasteiger partial charge in [0.05, 0.1) is 6.04 Å². The molecule has 1 saturated heterocycles. The Morgan fingerprint density at radius 3 is 2.48 bits per heavy atom. The van der Waals surface area contributed by atoms with Crippen LogP contribution in [-0.2, 0) is 0 Å². The van der Waals surface area contributed by atoms with E-state index in [1.54, 1.807) is 12.1 Å². The second kappa shape index (κ2) is 9.50. The zero-order chi connectivity index (χ0) is 22.6. The van der Waals surface area contributed by atoms with Crippen LogP contribution in [0.1, 0.15) is 22.0 Å². The van der Waals surface area contributed by atoms with Crippen LogP contribution >= 0.6 is 0 Å². The van der Waals surface area contributed by atoms with Gasteiger partial charge in [-0.3, -0.25) is 9.69 Å². The number of ether oxygens (including phenoxy) is 2. The number of amides is 1. The Bertz CT molecular complexity index is 1120. The molecule has 0 bridgehead atoms. The molecule has 1 atom stereocenters. The highest BCUT2D eigenvalue weighted by molar-refractivity contribution is 5.94. The molecule has 2 heterocycles. The van der Waals surface area contributed by atoms with Crippen LogP contribution in [0.4, 0.5) is 10.1 Å². The van der Waals surface area contributed by atoms with Gasteiger partial charge in [-0.25, -0.2) is 4.39 Å². The summed E-state index contributed by atoms with van der Waals surface area (Å²) in [4.78, 5) is 17.4. The molecule has 0 saturated carbocycles. The van der Waals surface area contributed by atoms with Crippen molar-refractivity contribution in [1.29, 1.82) is 0 Å². The second-order valence-electron chi connectivity index (χ2n) is 8.21. The minimum Gasteiger partial charge on any atom is -0.454 e. The number of para-hydroxylation sites is 1. The molecule has 0 aliphatic carbocycles. The number of anilines is 1. The first-order valence-electron chi connectivity index (χ1n) is 11.1. The van der Waals surface area contributed by atoms with Crippen molar-refractivity contribution in [2.75, 3.05) is 44.4 Å². The zero-order valence-electron chi connectivity index (χ0n) is 18.2. The van der Waals surface area contributed by atoms with E-state index in [2.05, 4.69) is 39.4 Å². The number of hydrogen-bond acceptors (Lipinski definition) is 5. The van der Waals surface area contributed by atoms with Gasteiger partial charge in [-0.1, -0.05) is 30.3 Å². The van der Waals surface area contributed by atoms with Crippen molar-refractivity contribution in [3.05, 3.63) is 89.7 Å². The Kier molecular flexibility index (Phi) is 6.13. The molecule has 6 nitrogen and oxygen atoms in total. The number of piperazine rings is 1. The van der Waals surface area contributed by atoms with Gasteiger partial charge < -0.3 is 19.7 Å². The van der Waals surface area contributed by atoms with Gasteiger partial charge in [-0.05, 0) is 48.0 Å². The summed E-state index contributed by atoms with van der Waals surface area (Å²) in [6, 6.07) is 22.0. The SMILES string of the molecule is O=C(NCC(c1ccc2c(c1)OCO2)N1CCN(c2ccccc2)CC1)c1cccc(F)c1. The molecule has 3 aromatic rings. The van der Waals surface area contributed by atoms with Crippen molar-refractivity contribution in [2.24, 2.45) is 0 Å². The summed E-state index contributed by atoms with van der Waals surface area (Å²) < 4.78 is 24.6. The van der Waals surface area contributed by atoms with Crippen LogP contribution in [0.2, 0.25) is 0 Å². The Labute approximate surface area is 192 Å². The Morgan fingerprint density at radius 1 is 0.909 bits per heavy atom. The summed E-state index contributed by atoms with van der Waals surface area (Å²) in [6.45, 7) is 4.11. The largest absolute Gasteiger partial charge is 0.454 e. The molecule has 1 fully saturated rings. The topological polar surface area (TPSA) is 54.0 Å². The molecule has 1 amide bonds. The maximum atomic E-state index is 13.6. The number of rotatable bonds is 6. The lowest BCUT2D eigenvalue weighted by atomic mass is 10.0. The van der Waals surface area contributed by atoms with Crippen LogP contribution in [0, 0.1) is 5.82 Å². The minimum absolute atomic E-state index is 0.0464. The van der Waals surface area contributed by atoms with E-state index in [1.807, 2.05) is 24.3 Å². The first-order chi connectivity index (χ1) is 16.2. The average molecular weight is 448 g/mol. The van der Waals surface area contributed by atoms with Gasteiger partial charge in [0.15, 0.2) is 11.5 Å². The molecule has 3 aromatic carbocycles. The number of nitrogens with one attached hydrogen (secondary N) is 1. The van der Waals surface area contributed by atoms with E-state index in [0.717, 1.165) is 43.2 Å². The molecular formula is C26H26FN3O3. The molecule has 0 radical (unpaired) electrons. The molecule has 2 aliphatic rings. The second-order valence-corrected chi connectivity index (χ2v) is 8.21. The van der Waals surface area contributed by atoms with Crippen molar-refractivity contribution in [3.8, 4) is 11.5 Å². The molecule has 33 heavy (non-hydrogen) atoms. The molecule has 1 unspecified atom stereocenters. The summed E-state index contributed by atoms with van der Waals surface area (Å²) in [5, 5.41) is 3.00. The normalized spacial score (nSPS) is 16.5. The molecule has 5 rings (SSSR count). The Balaban J connectivity index is 1.32. The van der Waals surface area contributed by atoms with Gasteiger partial charge in [0, 0.05) is 44.0 Å². The van der Waals surface area contributed by atoms with Crippen LogP contribution in [0.25, 0.3) is 0 Å². The Morgan fingerprint density at radius 2 is 1.70 bits per heavy atom. The van der Waals surface area contributed by atoms with Gasteiger partial charge in [0.25, 0.3) is 5.91 Å². The highest BCUT2D eigenvalue weighted by atomic mass is 19.1. The van der Waals surface area contributed by atoms with Crippen molar-refractivity contribution in [1.82, 2.24) is 10.2 Å². The maximum Gasteiger partial charge on any atom is 0.251 e. The summed E-state index contributed by atoms with van der Waals surface area (Å²) in [5.74, 6) is 0.738. The van der Waals surface area contributed by atoms with E-state index < -0.39 is 5.82 Å². The van der Waals surface area contributed by atoms with Crippen molar-refractivity contribution >= 4 is 11.6 Å². The van der Waals surface area contributed by atoms with Crippen LogP contribution in [0.5, 0.6) is 11.5 Å². The maximum absolute atomic E-state index is 13.6. The number of fused-ring (bicyclic) bond motifs is 1. The molecule has 2 aliphatic heterocycles. The number of carbonyl (C=O) groups is 1. The van der Waals surface area contributed by atoms with Gasteiger partial charge in [0.1, 0.15) is 5.82 Å². The highest BCUT2D eigenvalue weighted by Gasteiger charge is 2.27. The fraction of sp³-hybridized carbons (Fsp3) is 0.269. The molecule has 7 heteroatoms. The quantitative estimate of drug-likeness (QED) is 0.622. The summed E-state index contributed by atoms with van der Waals surface area (Å²) >= 11 is 0. The molecule has 170 valence electrons. The monoisotopic (exact) mass is 447 g/mol. The van der Waals surface area contributed by atoms with E-state index in [0.29, 0.717) is 12.1 Å². The van der Waals surface area contributed by atoms with Crippen LogP contribution in [-0.4, -0.2) is 50.3 Å². The lowest BCUT2D eigenvalue weighted by molar-refractivity contribution is 0.0929. The molecule has 1 N–H and O–H groups in total. The van der Waals surface area contributed by atoms with E-state index in [4.69, 9.17) is 9.47 Å². The fourth-order valence-corrected chi connectivity index (χ4v) is 4.43. The lowest BCUT2D eigenvalue weighted by Gasteiger charge is -2.40. The smallest absolute Gasteiger partial charge is 0.251 e. The van der Waals surface area contributed by atoms with Gasteiger partial charge in [0.2, 0.25) is 6.79 Å². The van der Waals surface area contributed by atoms with Crippen molar-refractivity contribution in [3.63, 3.8) is 0 Å². The van der Waals surface area contributed by atoms with E-state index >= 15 is 0 Å². The third-order valence-electron chi connectivity index (χ3n) is 6.20. The number of nitrogens with zero attached hydrogens (tertiary/aromatic N) is 2. The lowest BCUT2D eigenvalue weighted by Crippen LogP contribution is -2.50. The van der Waals surface area contributed by atoms with Crippen molar-refractivity contribution in [2.45, 2.75) is 6.04 Å². The van der Waals surface area contributed by atoms with Crippen LogP contribution in [0.3, 0.4) is 0 Å². The highest BCUT2D eigenvalue weighted by Crippen LogP contribution is 2.35. The van der Waals surface area contributed by atoms with Gasteiger partial charge in [-0.15, -0.1) is 0 Å². The first-order valence-corrected chi connectivity index (χ1v) is 11.1. The first kappa shape index (κ1) is 21.3. The number of benzene rings is 3. The standard InChI is InChI=1S/C26H26FN3O3/c27-21-6-4-5-20(15-21)26(31)28-17-23(19-9-10-24-25(16-19)33-18-32-24)30-13-11-29(12-14-30)22-7-2-1-3-8-22/h1-10,15-16,23H,11-14,17-18H2,(H,28,31). The molecular weight excluding hydrogens is 421 g/mol. The summed E-state index contributed by atoms with van der Waals surface area (Å²) in [7, 11) is 0. The summed E-state index contributed by atoms with van der Waals surface area (Å²) in [6.07, 6.45) is 0. The van der Waals surface area contributed by atoms with E-state index in [-0.39, 0.29) is 18.7 Å². The van der Waals surface area contributed by atoms with Gasteiger partial charge >= 0.3 is 0 Å². The Hall–Kier alpha value is -3.58. The zero-order valence-corrected chi connectivity index (χ0v) is 18.2. The predicted octanol–water partition coefficient (Wildman–Crippen LogP) is 3.85. The number of hydrogen-bond donors (Lipinski definition) is 1. The summed E-state index contributed by atoms with van der Waals surface area (Å²) in [5.41, 5.74) is 2.58. The van der Waals surface area contributed by atoms with Crippen LogP contribution < -0.4 is 19.7 Å². The van der Waals surface area contributed by atoms with Gasteiger partial charge in [-0.2, -0.15) is 0 Å². The molecule has 0 aromatic heterocycles. The average Bonchev–Trinajstić information content (AvgIpc) is 3.33. The van der Waals surface area contributed by atoms with Crippen molar-refractivity contribution < 1.29 is 18.7 Å². The van der Waals surface area contributed by atoms with Crippen LogP contribution in [0.15, 0.2) is 72.8 Å². The molecule has 0 spiro atoms. The van der Waals surface area contributed by atoms with E-state index in [9.17, 15) is 9.18 Å². The predicted molar refractivity (Wildman–Crippen MR) is 124 cm³/mol. The third kappa shape index (κ3) is 4.78.